The van der Waals surface area contributed by atoms with Crippen LogP contribution in [-0.4, -0.2) is 22.2 Å². The van der Waals surface area contributed by atoms with Gasteiger partial charge in [0.2, 0.25) is 0 Å². The number of carboxylic acids is 2. The number of hydrogen-bond acceptors (Lipinski definition) is 5. The molecule has 3 aliphatic rings. The number of benzene rings is 20. The number of rotatable bonds is 11. The second-order valence-corrected chi connectivity index (χ2v) is 36.2. The largest absolute Gasteiger partial charge is 0.481 e. The molecule has 10 heteroatoms. The third-order valence-electron chi connectivity index (χ3n) is 25.6. The van der Waals surface area contributed by atoms with Gasteiger partial charge in [-0.1, -0.05) is 365 Å². The van der Waals surface area contributed by atoms with Crippen LogP contribution in [0.5, 0.6) is 0 Å². The molecule has 0 bridgehead atoms. The van der Waals surface area contributed by atoms with Gasteiger partial charge in [0, 0.05) is 104 Å². The molecule has 0 radical (unpaired) electrons. The number of hydrogen-bond donors (Lipinski definition) is 3. The van der Waals surface area contributed by atoms with Gasteiger partial charge in [-0.15, -0.1) is 0 Å². The van der Waals surface area contributed by atoms with E-state index in [0.29, 0.717) is 0 Å². The van der Waals surface area contributed by atoms with Crippen molar-refractivity contribution in [2.24, 2.45) is 0 Å². The normalized spacial score (nSPS) is 12.9. The second kappa shape index (κ2) is 34.4. The van der Waals surface area contributed by atoms with E-state index in [0.717, 1.165) is 68.3 Å². The number of carboxylic acid groups (broad SMARTS) is 2. The molecular formula is C117H91Br2N3O4Pd. The summed E-state index contributed by atoms with van der Waals surface area (Å²) in [7, 11) is 0. The average Bonchev–Trinajstić information content (AvgIpc) is 1.48. The fourth-order valence-electron chi connectivity index (χ4n) is 19.7. The molecule has 0 heterocycles. The van der Waals surface area contributed by atoms with E-state index in [1.807, 2.05) is 0 Å². The van der Waals surface area contributed by atoms with Crippen LogP contribution in [0.25, 0.3) is 131 Å². The summed E-state index contributed by atoms with van der Waals surface area (Å²) in [5.74, 6) is -1.67. The van der Waals surface area contributed by atoms with Gasteiger partial charge in [0.05, 0.1) is 11.4 Å². The van der Waals surface area contributed by atoms with Crippen LogP contribution < -0.4 is 15.1 Å². The van der Waals surface area contributed by atoms with Crippen LogP contribution in [0.1, 0.15) is 88.8 Å². The van der Waals surface area contributed by atoms with E-state index in [4.69, 9.17) is 19.8 Å². The molecule has 0 saturated carbocycles. The zero-order valence-corrected chi connectivity index (χ0v) is 76.4. The maximum absolute atomic E-state index is 9.00. The Labute approximate surface area is 771 Å². The molecule has 0 atom stereocenters. The Kier molecular flexibility index (Phi) is 22.8. The van der Waals surface area contributed by atoms with Crippen molar-refractivity contribution in [2.45, 2.75) is 71.6 Å². The van der Waals surface area contributed by atoms with Crippen LogP contribution in [0.2, 0.25) is 0 Å². The maximum atomic E-state index is 9.00. The van der Waals surface area contributed by atoms with Gasteiger partial charge >= 0.3 is 0 Å². The first-order chi connectivity index (χ1) is 61.1. The van der Waals surface area contributed by atoms with E-state index in [-0.39, 0.29) is 36.7 Å². The van der Waals surface area contributed by atoms with Gasteiger partial charge in [-0.3, -0.25) is 9.59 Å². The maximum Gasteiger partial charge on any atom is 0.300 e. The summed E-state index contributed by atoms with van der Waals surface area (Å²) < 4.78 is 2.31. The predicted molar refractivity (Wildman–Crippen MR) is 537 cm³/mol. The van der Waals surface area contributed by atoms with Crippen LogP contribution >= 0.6 is 31.9 Å². The van der Waals surface area contributed by atoms with Crippen molar-refractivity contribution in [1.82, 2.24) is 0 Å². The average molecular weight is 1870 g/mol. The number of nitrogens with one attached hydrogen (secondary N) is 1. The number of halogens is 2. The van der Waals surface area contributed by atoms with Crippen LogP contribution in [0.15, 0.2) is 397 Å². The molecule has 20 aromatic rings. The van der Waals surface area contributed by atoms with Crippen LogP contribution in [-0.2, 0) is 46.3 Å². The van der Waals surface area contributed by atoms with E-state index >= 15 is 0 Å². The number of fused-ring (bicyclic) bond motifs is 9. The van der Waals surface area contributed by atoms with Gasteiger partial charge < -0.3 is 25.3 Å². The molecule has 0 spiro atoms. The first kappa shape index (κ1) is 84.3. The molecule has 20 aromatic carbocycles. The van der Waals surface area contributed by atoms with E-state index in [1.54, 1.807) is 0 Å². The van der Waals surface area contributed by atoms with Gasteiger partial charge in [0.25, 0.3) is 11.9 Å². The van der Waals surface area contributed by atoms with Crippen LogP contribution in [0, 0.1) is 0 Å². The Morgan fingerprint density at radius 1 is 0.260 bits per heavy atom. The molecule has 0 amide bonds. The second-order valence-electron chi connectivity index (χ2n) is 34.5. The fraction of sp³-hybridized carbons (Fsp3) is 0.0940. The molecule has 0 saturated heterocycles. The first-order valence-corrected chi connectivity index (χ1v) is 44.3. The Balaban J connectivity index is 0.000000160. The monoisotopic (exact) mass is 1870 g/mol. The Bertz CT molecular complexity index is 7250. The minimum Gasteiger partial charge on any atom is -0.481 e. The number of aliphatic carboxylic acids is 2. The van der Waals surface area contributed by atoms with E-state index < -0.39 is 11.9 Å². The molecule has 127 heavy (non-hydrogen) atoms. The fourth-order valence-corrected chi connectivity index (χ4v) is 20.6. The molecule has 0 aromatic heterocycles. The Hall–Kier alpha value is -13.6. The van der Waals surface area contributed by atoms with Crippen molar-refractivity contribution in [3.63, 3.8) is 0 Å². The molecule has 3 aliphatic carbocycles. The third-order valence-corrected chi connectivity index (χ3v) is 27.0. The van der Waals surface area contributed by atoms with E-state index in [2.05, 4.69) is 477 Å². The smallest absolute Gasteiger partial charge is 0.300 e. The summed E-state index contributed by atoms with van der Waals surface area (Å²) in [5.41, 5.74) is 32.3. The van der Waals surface area contributed by atoms with Crippen molar-refractivity contribution in [1.29, 1.82) is 0 Å². The molecular weight excluding hydrogens is 1780 g/mol. The number of carbonyl (C=O) groups is 2. The minimum absolute atomic E-state index is 0. The summed E-state index contributed by atoms with van der Waals surface area (Å²) in [6.45, 7) is 16.2. The zero-order chi connectivity index (χ0) is 86.9. The van der Waals surface area contributed by atoms with Crippen LogP contribution in [0.4, 0.5) is 45.5 Å². The van der Waals surface area contributed by atoms with E-state index in [9.17, 15) is 0 Å². The summed E-state index contributed by atoms with van der Waals surface area (Å²) in [6.07, 6.45) is 0. The molecule has 0 aliphatic heterocycles. The SMILES string of the molecule is Brc1ccc2ccc3c(Br)ccc4ccc1c2c43.CC(=O)O.CC(=O)O.CC1(C)c2ccccc2-c2cc(N(c3cccc(-c4ccccc4)c3)c3ccc4ccc5c(N(c6cccc(-c7ccccc7)c6)c6ccc7c(c6)-c6ccccc6C7(C)C)ccc6ccc3c4c65)ccc21.CC1(C)c2ccccc2-c2cc(Nc3cccc(-c4ccccc4)c3)ccc21.[Pd]. The van der Waals surface area contributed by atoms with Crippen LogP contribution in [0.3, 0.4) is 0 Å². The van der Waals surface area contributed by atoms with Gasteiger partial charge in [0.15, 0.2) is 0 Å². The Morgan fingerprint density at radius 3 is 0.921 bits per heavy atom. The third kappa shape index (κ3) is 15.6. The zero-order valence-electron chi connectivity index (χ0n) is 71.6. The summed E-state index contributed by atoms with van der Waals surface area (Å²) >= 11 is 7.30. The topological polar surface area (TPSA) is 93.1 Å². The molecule has 0 unspecified atom stereocenters. The van der Waals surface area contributed by atoms with Crippen molar-refractivity contribution in [2.75, 3.05) is 15.1 Å². The van der Waals surface area contributed by atoms with Crippen molar-refractivity contribution in [3.05, 3.63) is 431 Å². The first-order valence-electron chi connectivity index (χ1n) is 42.8. The molecule has 0 fully saturated rings. The standard InChI is InChI=1S/C70H52N2.C27H23N.C16H8Br2.2C2H4O2.Pd/c1-69(2)61-27-13-11-25-55(61)59-43-53(33-37-63(59)69)71(51-23-15-21-49(41-51)45-17-7-5-8-18-45)65-39-31-47-30-36-58-66(40-32-48-29-35-57(65)67(47)68(48)58)72(52-24-16-22-50(42-52)46-19-9-6-10-20-46)54-34-38-64-60(44-54)56-26-12-14-28-62(56)70(64,3)4;1-27(2)25-14-7-6-13-23(25)24-18-22(15-16-26(24)27)28-21-12-8-11-20(17-21)19-9-4-3-5-10-19;17-13-8-4-10-2-6-12-14(18)7-3-9-1-5-11(13)16(10)15(9)12;2*1-2(3)4;/h5-44H,1-4H3;3-18,28H,1-2H3;1-8H;2*1H3,(H,3,4);. The van der Waals surface area contributed by atoms with E-state index in [1.165, 1.54) is 165 Å². The summed E-state index contributed by atoms with van der Waals surface area (Å²) in [4.78, 5) is 23.0. The number of anilines is 8. The van der Waals surface area contributed by atoms with Gasteiger partial charge in [-0.25, -0.2) is 0 Å². The van der Waals surface area contributed by atoms with Gasteiger partial charge in [-0.2, -0.15) is 0 Å². The predicted octanol–water partition coefficient (Wildman–Crippen LogP) is 33.2. The molecule has 622 valence electrons. The minimum atomic E-state index is -0.833. The van der Waals surface area contributed by atoms with Crippen molar-refractivity contribution < 1.29 is 40.2 Å². The quantitative estimate of drug-likeness (QED) is 0.0877. The molecule has 7 nitrogen and oxygen atoms in total. The Morgan fingerprint density at radius 2 is 0.535 bits per heavy atom. The summed E-state index contributed by atoms with van der Waals surface area (Å²) in [5, 5.41) is 33.7. The van der Waals surface area contributed by atoms with Gasteiger partial charge in [-0.05, 0) is 251 Å². The molecule has 3 N–H and O–H groups in total. The van der Waals surface area contributed by atoms with Crippen molar-refractivity contribution in [3.8, 4) is 66.8 Å². The number of nitrogens with zero attached hydrogens (tertiary/aromatic N) is 2. The van der Waals surface area contributed by atoms with Crippen molar-refractivity contribution >= 4 is 154 Å². The summed E-state index contributed by atoms with van der Waals surface area (Å²) in [6, 6.07) is 143. The molecule has 23 rings (SSSR count). The van der Waals surface area contributed by atoms with Gasteiger partial charge in [0.1, 0.15) is 0 Å².